The van der Waals surface area contributed by atoms with Gasteiger partial charge in [-0.1, -0.05) is 0 Å². The lowest BCUT2D eigenvalue weighted by molar-refractivity contribution is -0.119. The molecule has 1 fully saturated rings. The zero-order valence-corrected chi connectivity index (χ0v) is 17.6. The van der Waals surface area contributed by atoms with Crippen molar-refractivity contribution in [1.29, 1.82) is 0 Å². The molecule has 1 saturated heterocycles. The highest BCUT2D eigenvalue weighted by Gasteiger charge is 2.36. The number of carbonyl (C=O) groups is 2. The Hall–Kier alpha value is -2.33. The summed E-state index contributed by atoms with van der Waals surface area (Å²) in [6.07, 6.45) is 1.51. The number of benzene rings is 1. The van der Waals surface area contributed by atoms with E-state index in [1.165, 1.54) is 17.5 Å². The summed E-state index contributed by atoms with van der Waals surface area (Å²) < 4.78 is 35.3. The number of hydrogen-bond donors (Lipinski definition) is 2. The van der Waals surface area contributed by atoms with Crippen LogP contribution in [0.4, 0.5) is 16.2 Å². The molecule has 0 saturated carbocycles. The molecule has 0 aliphatic carbocycles. The van der Waals surface area contributed by atoms with E-state index in [1.807, 2.05) is 0 Å². The number of hydrogen-bond acceptors (Lipinski definition) is 6. The summed E-state index contributed by atoms with van der Waals surface area (Å²) in [6.45, 7) is 5.56. The fourth-order valence-corrected chi connectivity index (χ4v) is 4.05. The molecule has 0 spiro atoms. The van der Waals surface area contributed by atoms with E-state index in [-0.39, 0.29) is 0 Å². The molecule has 1 aliphatic heterocycles. The van der Waals surface area contributed by atoms with Crippen molar-refractivity contribution in [1.82, 2.24) is 4.31 Å². The van der Waals surface area contributed by atoms with Crippen LogP contribution in [0.25, 0.3) is 0 Å². The number of nitrogens with one attached hydrogen (secondary N) is 2. The van der Waals surface area contributed by atoms with E-state index in [2.05, 4.69) is 10.6 Å². The average Bonchev–Trinajstić information content (AvgIpc) is 3.03. The van der Waals surface area contributed by atoms with E-state index in [9.17, 15) is 18.0 Å². The molecular weight excluding hydrogens is 386 g/mol. The van der Waals surface area contributed by atoms with Gasteiger partial charge in [-0.3, -0.25) is 10.1 Å². The molecule has 1 aromatic carbocycles. The van der Waals surface area contributed by atoms with E-state index >= 15 is 0 Å². The highest BCUT2D eigenvalue weighted by molar-refractivity contribution is 7.88. The normalized spacial score (nSPS) is 17.8. The maximum absolute atomic E-state index is 12.6. The van der Waals surface area contributed by atoms with Crippen molar-refractivity contribution in [3.05, 3.63) is 18.2 Å². The second kappa shape index (κ2) is 8.36. The van der Waals surface area contributed by atoms with Gasteiger partial charge in [-0.15, -0.1) is 0 Å². The summed E-state index contributed by atoms with van der Waals surface area (Å²) >= 11 is 0. The molecule has 1 atom stereocenters. The maximum atomic E-state index is 12.6. The van der Waals surface area contributed by atoms with E-state index in [0.29, 0.717) is 36.5 Å². The van der Waals surface area contributed by atoms with Gasteiger partial charge in [0.05, 0.1) is 19.1 Å². The Kier molecular flexibility index (Phi) is 6.56. The van der Waals surface area contributed by atoms with Crippen LogP contribution in [-0.4, -0.2) is 56.3 Å². The summed E-state index contributed by atoms with van der Waals surface area (Å²) in [5.74, 6) is -0.0289. The van der Waals surface area contributed by atoms with Crippen molar-refractivity contribution in [2.75, 3.05) is 30.5 Å². The third kappa shape index (κ3) is 5.83. The van der Waals surface area contributed by atoms with Crippen molar-refractivity contribution < 1.29 is 27.5 Å². The zero-order valence-electron chi connectivity index (χ0n) is 16.7. The smallest absolute Gasteiger partial charge is 0.412 e. The largest absolute Gasteiger partial charge is 0.495 e. The lowest BCUT2D eigenvalue weighted by atomic mass is 10.2. The summed E-state index contributed by atoms with van der Waals surface area (Å²) in [4.78, 5) is 24.6. The topological polar surface area (TPSA) is 114 Å². The van der Waals surface area contributed by atoms with Crippen molar-refractivity contribution >= 4 is 33.4 Å². The summed E-state index contributed by atoms with van der Waals surface area (Å²) in [5, 5.41) is 5.30. The summed E-state index contributed by atoms with van der Waals surface area (Å²) in [7, 11) is -2.01. The van der Waals surface area contributed by atoms with Gasteiger partial charge < -0.3 is 14.8 Å². The third-order valence-electron chi connectivity index (χ3n) is 4.03. The molecule has 2 rings (SSSR count). The Labute approximate surface area is 165 Å². The van der Waals surface area contributed by atoms with Gasteiger partial charge in [-0.05, 0) is 51.8 Å². The van der Waals surface area contributed by atoms with Gasteiger partial charge in [0.2, 0.25) is 15.9 Å². The molecule has 9 nitrogen and oxygen atoms in total. The second-order valence-electron chi connectivity index (χ2n) is 7.56. The van der Waals surface area contributed by atoms with Crippen LogP contribution in [-0.2, 0) is 19.6 Å². The number of nitrogens with zero attached hydrogens (tertiary/aromatic N) is 1. The van der Waals surface area contributed by atoms with Crippen molar-refractivity contribution in [3.63, 3.8) is 0 Å². The van der Waals surface area contributed by atoms with Crippen molar-refractivity contribution in [2.24, 2.45) is 0 Å². The minimum absolute atomic E-state index is 0.320. The van der Waals surface area contributed by atoms with E-state index in [1.54, 1.807) is 32.9 Å². The Morgan fingerprint density at radius 3 is 2.46 bits per heavy atom. The molecular formula is C18H27N3O6S. The van der Waals surface area contributed by atoms with Crippen LogP contribution in [0.3, 0.4) is 0 Å². The fraction of sp³-hybridized carbons (Fsp3) is 0.556. The predicted octanol–water partition coefficient (Wildman–Crippen LogP) is 2.40. The monoisotopic (exact) mass is 413 g/mol. The van der Waals surface area contributed by atoms with E-state index in [4.69, 9.17) is 9.47 Å². The van der Waals surface area contributed by atoms with Gasteiger partial charge in [0.1, 0.15) is 17.4 Å². The molecule has 0 aromatic heterocycles. The maximum Gasteiger partial charge on any atom is 0.412 e. The van der Waals surface area contributed by atoms with Gasteiger partial charge in [0.15, 0.2) is 0 Å². The fourth-order valence-electron chi connectivity index (χ4n) is 2.92. The molecule has 156 valence electrons. The lowest BCUT2D eigenvalue weighted by Gasteiger charge is -2.22. The first-order valence-electron chi connectivity index (χ1n) is 8.86. The van der Waals surface area contributed by atoms with Crippen LogP contribution >= 0.6 is 0 Å². The zero-order chi connectivity index (χ0) is 21.1. The first-order chi connectivity index (χ1) is 12.9. The molecule has 10 heteroatoms. The van der Waals surface area contributed by atoms with Crippen molar-refractivity contribution in [2.45, 2.75) is 45.3 Å². The van der Waals surface area contributed by atoms with Crippen LogP contribution in [0.1, 0.15) is 33.6 Å². The summed E-state index contributed by atoms with van der Waals surface area (Å²) in [6, 6.07) is 3.97. The third-order valence-corrected chi connectivity index (χ3v) is 5.32. The molecule has 0 radical (unpaired) electrons. The quantitative estimate of drug-likeness (QED) is 0.766. The van der Waals surface area contributed by atoms with Gasteiger partial charge in [0.25, 0.3) is 0 Å². The molecule has 1 unspecified atom stereocenters. The highest BCUT2D eigenvalue weighted by Crippen LogP contribution is 2.29. The molecule has 2 N–H and O–H groups in total. The Morgan fingerprint density at radius 1 is 1.21 bits per heavy atom. The Balaban J connectivity index is 2.16. The first kappa shape index (κ1) is 22.0. The van der Waals surface area contributed by atoms with Crippen LogP contribution in [0.15, 0.2) is 18.2 Å². The molecule has 28 heavy (non-hydrogen) atoms. The van der Waals surface area contributed by atoms with Crippen molar-refractivity contribution in [3.8, 4) is 5.75 Å². The van der Waals surface area contributed by atoms with Crippen LogP contribution < -0.4 is 15.4 Å². The standard InChI is InChI=1S/C18H27N3O6S/c1-18(2,3)27-17(23)20-13-11-12(8-9-15(13)26-4)19-16(22)14-7-6-10-21(14)28(5,24)25/h8-9,11,14H,6-7,10H2,1-5H3,(H,19,22)(H,20,23). The minimum atomic E-state index is -3.46. The Bertz CT molecular complexity index is 847. The molecule has 1 heterocycles. The van der Waals surface area contributed by atoms with Crippen LogP contribution in [0.5, 0.6) is 5.75 Å². The number of amides is 2. The van der Waals surface area contributed by atoms with Crippen LogP contribution in [0, 0.1) is 0 Å². The van der Waals surface area contributed by atoms with Crippen LogP contribution in [0.2, 0.25) is 0 Å². The summed E-state index contributed by atoms with van der Waals surface area (Å²) in [5.41, 5.74) is 0.0546. The lowest BCUT2D eigenvalue weighted by Crippen LogP contribution is -2.42. The molecule has 2 amide bonds. The number of carbonyl (C=O) groups excluding carboxylic acids is 2. The van der Waals surface area contributed by atoms with Gasteiger partial charge >= 0.3 is 6.09 Å². The SMILES string of the molecule is COc1ccc(NC(=O)C2CCCN2S(C)(=O)=O)cc1NC(=O)OC(C)(C)C. The van der Waals surface area contributed by atoms with Gasteiger partial charge in [-0.2, -0.15) is 4.31 Å². The van der Waals surface area contributed by atoms with Gasteiger partial charge in [-0.25, -0.2) is 13.2 Å². The molecule has 1 aromatic rings. The molecule has 0 bridgehead atoms. The minimum Gasteiger partial charge on any atom is -0.495 e. The molecule has 1 aliphatic rings. The first-order valence-corrected chi connectivity index (χ1v) is 10.7. The number of sulfonamides is 1. The van der Waals surface area contributed by atoms with Gasteiger partial charge in [0, 0.05) is 12.2 Å². The van der Waals surface area contributed by atoms with E-state index < -0.39 is 33.7 Å². The number of rotatable bonds is 5. The predicted molar refractivity (Wildman–Crippen MR) is 106 cm³/mol. The number of anilines is 2. The Morgan fingerprint density at radius 2 is 1.89 bits per heavy atom. The number of methoxy groups -OCH3 is 1. The second-order valence-corrected chi connectivity index (χ2v) is 9.50. The highest BCUT2D eigenvalue weighted by atomic mass is 32.2. The average molecular weight is 413 g/mol. The number of ether oxygens (including phenoxy) is 2. The van der Waals surface area contributed by atoms with E-state index in [0.717, 1.165) is 6.26 Å².